The molecule has 0 spiro atoms. The average molecular weight is 242 g/mol. The Balaban J connectivity index is 2.92. The Kier molecular flexibility index (Phi) is 4.31. The van der Waals surface area contributed by atoms with Crippen LogP contribution < -0.4 is 4.74 Å². The maximum atomic E-state index is 10.6. The summed E-state index contributed by atoms with van der Waals surface area (Å²) in [6.45, 7) is 3.01. The first-order chi connectivity index (χ1) is 7.54. The normalized spacial score (nSPS) is 11.1. The molecule has 0 atom stereocenters. The van der Waals surface area contributed by atoms with Gasteiger partial charge in [0.25, 0.3) is 0 Å². The Morgan fingerprint density at radius 3 is 2.56 bits per heavy atom. The van der Waals surface area contributed by atoms with Gasteiger partial charge < -0.3 is 9.57 Å². The van der Waals surface area contributed by atoms with Crippen molar-refractivity contribution in [2.75, 3.05) is 7.11 Å². The number of halogens is 1. The smallest absolute Gasteiger partial charge is 0.331 e. The van der Waals surface area contributed by atoms with Gasteiger partial charge in [0.15, 0.2) is 0 Å². The molecule has 0 saturated carbocycles. The lowest BCUT2D eigenvalue weighted by Crippen LogP contribution is -1.99. The average Bonchev–Trinajstić information content (AvgIpc) is 2.25. The maximum Gasteiger partial charge on any atom is 0.331 e. The van der Waals surface area contributed by atoms with Crippen molar-refractivity contribution in [3.05, 3.63) is 28.8 Å². The van der Waals surface area contributed by atoms with Crippen LogP contribution in [0.1, 0.15) is 19.4 Å². The molecule has 0 fully saturated rings. The molecule has 16 heavy (non-hydrogen) atoms. The van der Waals surface area contributed by atoms with E-state index in [1.807, 2.05) is 0 Å². The highest BCUT2D eigenvalue weighted by molar-refractivity contribution is 6.32. The van der Waals surface area contributed by atoms with E-state index in [2.05, 4.69) is 9.99 Å². The third-order valence-corrected chi connectivity index (χ3v) is 2.18. The van der Waals surface area contributed by atoms with Crippen LogP contribution in [0.3, 0.4) is 0 Å². The molecule has 86 valence electrons. The molecule has 0 aliphatic carbocycles. The summed E-state index contributed by atoms with van der Waals surface area (Å²) in [6, 6.07) is 5.21. The molecular weight excluding hydrogens is 230 g/mol. The molecule has 1 aromatic carbocycles. The van der Waals surface area contributed by atoms with E-state index in [1.165, 1.54) is 6.92 Å². The van der Waals surface area contributed by atoms with E-state index in [4.69, 9.17) is 16.3 Å². The van der Waals surface area contributed by atoms with E-state index in [9.17, 15) is 4.79 Å². The second-order valence-corrected chi connectivity index (χ2v) is 3.52. The summed E-state index contributed by atoms with van der Waals surface area (Å²) in [5.41, 5.74) is 1.34. The van der Waals surface area contributed by atoms with Gasteiger partial charge in [-0.05, 0) is 25.1 Å². The summed E-state index contributed by atoms with van der Waals surface area (Å²) in [5.74, 6) is 0.129. The fraction of sp³-hybridized carbons (Fsp3) is 0.273. The van der Waals surface area contributed by atoms with Crippen LogP contribution >= 0.6 is 11.6 Å². The van der Waals surface area contributed by atoms with Gasteiger partial charge in [-0.3, -0.25) is 0 Å². The monoisotopic (exact) mass is 241 g/mol. The summed E-state index contributed by atoms with van der Waals surface area (Å²) >= 11 is 5.95. The molecule has 0 aromatic heterocycles. The van der Waals surface area contributed by atoms with E-state index < -0.39 is 5.97 Å². The van der Waals surface area contributed by atoms with E-state index in [-0.39, 0.29) is 0 Å². The van der Waals surface area contributed by atoms with Gasteiger partial charge in [0, 0.05) is 12.5 Å². The van der Waals surface area contributed by atoms with Crippen molar-refractivity contribution in [3.63, 3.8) is 0 Å². The highest BCUT2D eigenvalue weighted by atomic mass is 35.5. The summed E-state index contributed by atoms with van der Waals surface area (Å²) in [6.07, 6.45) is 0. The molecule has 0 aliphatic rings. The summed E-state index contributed by atoms with van der Waals surface area (Å²) in [4.78, 5) is 15.1. The van der Waals surface area contributed by atoms with Gasteiger partial charge >= 0.3 is 5.97 Å². The number of benzene rings is 1. The van der Waals surface area contributed by atoms with E-state index in [0.29, 0.717) is 16.5 Å². The molecular formula is C11H12ClNO3. The zero-order valence-corrected chi connectivity index (χ0v) is 10.0. The predicted octanol–water partition coefficient (Wildman–Crippen LogP) is 2.64. The van der Waals surface area contributed by atoms with Crippen molar-refractivity contribution >= 4 is 23.3 Å². The number of hydrogen-bond acceptors (Lipinski definition) is 4. The van der Waals surface area contributed by atoms with Crippen molar-refractivity contribution in [2.24, 2.45) is 5.16 Å². The van der Waals surface area contributed by atoms with Crippen molar-refractivity contribution < 1.29 is 14.4 Å². The van der Waals surface area contributed by atoms with Crippen LogP contribution in [0.4, 0.5) is 0 Å². The summed E-state index contributed by atoms with van der Waals surface area (Å²) in [5, 5.41) is 4.14. The van der Waals surface area contributed by atoms with Crippen LogP contribution in [0.15, 0.2) is 23.4 Å². The van der Waals surface area contributed by atoms with Crippen molar-refractivity contribution in [2.45, 2.75) is 13.8 Å². The lowest BCUT2D eigenvalue weighted by atomic mass is 10.1. The molecule has 0 unspecified atom stereocenters. The van der Waals surface area contributed by atoms with Gasteiger partial charge in [-0.25, -0.2) is 4.79 Å². The molecule has 0 bridgehead atoms. The van der Waals surface area contributed by atoms with E-state index in [1.54, 1.807) is 32.2 Å². The third kappa shape index (κ3) is 3.24. The van der Waals surface area contributed by atoms with Crippen molar-refractivity contribution in [1.82, 2.24) is 0 Å². The minimum absolute atomic E-state index is 0.459. The summed E-state index contributed by atoms with van der Waals surface area (Å²) < 4.78 is 5.02. The highest BCUT2D eigenvalue weighted by Crippen LogP contribution is 2.25. The highest BCUT2D eigenvalue weighted by Gasteiger charge is 2.04. The zero-order valence-electron chi connectivity index (χ0n) is 9.28. The minimum Gasteiger partial charge on any atom is -0.495 e. The van der Waals surface area contributed by atoms with Crippen LogP contribution in [-0.4, -0.2) is 18.8 Å². The number of nitrogens with zero attached hydrogens (tertiary/aromatic N) is 1. The molecule has 5 heteroatoms. The first kappa shape index (κ1) is 12.5. The number of methoxy groups -OCH3 is 1. The van der Waals surface area contributed by atoms with Crippen molar-refractivity contribution in [3.8, 4) is 5.75 Å². The molecule has 0 radical (unpaired) electrons. The minimum atomic E-state index is -0.459. The lowest BCUT2D eigenvalue weighted by Gasteiger charge is -2.05. The van der Waals surface area contributed by atoms with Crippen LogP contribution in [0.5, 0.6) is 5.75 Å². The number of oxime groups is 1. The third-order valence-electron chi connectivity index (χ3n) is 1.88. The van der Waals surface area contributed by atoms with Crippen LogP contribution in [-0.2, 0) is 9.63 Å². The van der Waals surface area contributed by atoms with Gasteiger partial charge in [-0.15, -0.1) is 0 Å². The van der Waals surface area contributed by atoms with Crippen molar-refractivity contribution in [1.29, 1.82) is 0 Å². The Bertz CT molecular complexity index is 429. The second-order valence-electron chi connectivity index (χ2n) is 3.11. The Morgan fingerprint density at radius 2 is 2.06 bits per heavy atom. The largest absolute Gasteiger partial charge is 0.495 e. The maximum absolute atomic E-state index is 10.6. The molecule has 0 saturated heterocycles. The number of ether oxygens (including phenoxy) is 1. The standard InChI is InChI=1S/C11H12ClNO3/c1-7(13-16-8(2)14)9-4-5-11(15-3)10(12)6-9/h4-6H,1-3H3/b13-7+. The molecule has 4 nitrogen and oxygen atoms in total. The van der Waals surface area contributed by atoms with Gasteiger partial charge in [0.2, 0.25) is 0 Å². The predicted molar refractivity (Wildman–Crippen MR) is 62.0 cm³/mol. The fourth-order valence-corrected chi connectivity index (χ4v) is 1.33. The molecule has 0 aliphatic heterocycles. The zero-order chi connectivity index (χ0) is 12.1. The number of carbonyl (C=O) groups is 1. The van der Waals surface area contributed by atoms with Gasteiger partial charge in [-0.2, -0.15) is 0 Å². The SMILES string of the molecule is COc1ccc(/C(C)=N/OC(C)=O)cc1Cl. The first-order valence-corrected chi connectivity index (χ1v) is 4.98. The van der Waals surface area contributed by atoms with Crippen LogP contribution in [0.2, 0.25) is 5.02 Å². The molecule has 1 rings (SSSR count). The second kappa shape index (κ2) is 5.51. The number of carbonyl (C=O) groups excluding carboxylic acids is 1. The number of hydrogen-bond donors (Lipinski definition) is 0. The topological polar surface area (TPSA) is 47.9 Å². The molecule has 1 aromatic rings. The van der Waals surface area contributed by atoms with Crippen LogP contribution in [0, 0.1) is 0 Å². The Labute approximate surface area is 98.8 Å². The fourth-order valence-electron chi connectivity index (χ4n) is 1.08. The Hall–Kier alpha value is -1.55. The van der Waals surface area contributed by atoms with E-state index >= 15 is 0 Å². The van der Waals surface area contributed by atoms with Gasteiger partial charge in [0.05, 0.1) is 17.8 Å². The molecule has 0 amide bonds. The lowest BCUT2D eigenvalue weighted by molar-refractivity contribution is -0.140. The quantitative estimate of drug-likeness (QED) is 0.464. The Morgan fingerprint density at radius 1 is 1.38 bits per heavy atom. The van der Waals surface area contributed by atoms with Crippen LogP contribution in [0.25, 0.3) is 0 Å². The van der Waals surface area contributed by atoms with Gasteiger partial charge in [0.1, 0.15) is 5.75 Å². The van der Waals surface area contributed by atoms with Gasteiger partial charge in [-0.1, -0.05) is 16.8 Å². The molecule has 0 N–H and O–H groups in total. The first-order valence-electron chi connectivity index (χ1n) is 4.60. The molecule has 0 heterocycles. The van der Waals surface area contributed by atoms with E-state index in [0.717, 1.165) is 5.56 Å². The number of rotatable bonds is 3. The summed E-state index contributed by atoms with van der Waals surface area (Å²) in [7, 11) is 1.54.